The summed E-state index contributed by atoms with van der Waals surface area (Å²) in [6.45, 7) is 5.60. The molecule has 29 heavy (non-hydrogen) atoms. The van der Waals surface area contributed by atoms with Gasteiger partial charge in [0.15, 0.2) is 0 Å². The molecule has 4 unspecified atom stereocenters. The third-order valence-electron chi connectivity index (χ3n) is 5.13. The first-order chi connectivity index (χ1) is 13.7. The van der Waals surface area contributed by atoms with Crippen LogP contribution in [0.2, 0.25) is 0 Å². The number of benzene rings is 1. The maximum atomic E-state index is 15.7. The van der Waals surface area contributed by atoms with Gasteiger partial charge in [-0.2, -0.15) is 0 Å². The number of ether oxygens (including phenoxy) is 1. The molecule has 1 aromatic carbocycles. The molecule has 0 spiro atoms. The molecule has 0 bridgehead atoms. The number of piperidine rings is 2. The van der Waals surface area contributed by atoms with Crippen molar-refractivity contribution in [2.24, 2.45) is 0 Å². The van der Waals surface area contributed by atoms with E-state index in [4.69, 9.17) is 4.74 Å². The molecule has 1 aromatic rings. The Balaban J connectivity index is 1.80. The molecule has 4 atom stereocenters. The van der Waals surface area contributed by atoms with Gasteiger partial charge in [0.2, 0.25) is 11.8 Å². The third kappa shape index (κ3) is 5.12. The first kappa shape index (κ1) is 21.2. The summed E-state index contributed by atoms with van der Waals surface area (Å²) in [5.74, 6) is -0.744. The molecule has 2 saturated heterocycles. The Kier molecular flexibility index (Phi) is 6.21. The van der Waals surface area contributed by atoms with Crippen LogP contribution in [0.25, 0.3) is 0 Å². The fourth-order valence-electron chi connectivity index (χ4n) is 3.79. The van der Waals surface area contributed by atoms with Crippen LogP contribution < -0.4 is 10.6 Å². The molecule has 7 nitrogen and oxygen atoms in total. The predicted octanol–water partition coefficient (Wildman–Crippen LogP) is 2.47. The Bertz CT molecular complexity index is 765. The van der Waals surface area contributed by atoms with Crippen LogP contribution >= 0.6 is 0 Å². The monoisotopic (exact) mass is 405 g/mol. The summed E-state index contributed by atoms with van der Waals surface area (Å²) in [5, 5.41) is 5.35. The predicted molar refractivity (Wildman–Crippen MR) is 105 cm³/mol. The number of imide groups is 1. The lowest BCUT2D eigenvalue weighted by molar-refractivity contribution is -0.135. The van der Waals surface area contributed by atoms with Crippen molar-refractivity contribution in [3.05, 3.63) is 35.9 Å². The lowest BCUT2D eigenvalue weighted by Gasteiger charge is -2.43. The molecule has 8 heteroatoms. The second-order valence-electron chi connectivity index (χ2n) is 8.54. The van der Waals surface area contributed by atoms with Gasteiger partial charge in [0.05, 0.1) is 12.1 Å². The van der Waals surface area contributed by atoms with Gasteiger partial charge in [-0.1, -0.05) is 30.3 Å². The van der Waals surface area contributed by atoms with Gasteiger partial charge in [-0.05, 0) is 39.2 Å². The van der Waals surface area contributed by atoms with Gasteiger partial charge in [-0.3, -0.25) is 25.1 Å². The van der Waals surface area contributed by atoms with Crippen LogP contribution in [-0.4, -0.2) is 53.2 Å². The summed E-state index contributed by atoms with van der Waals surface area (Å²) < 4.78 is 21.2. The van der Waals surface area contributed by atoms with E-state index in [9.17, 15) is 14.4 Å². The number of carbonyl (C=O) groups excluding carboxylic acids is 3. The second kappa shape index (κ2) is 8.49. The van der Waals surface area contributed by atoms with Crippen molar-refractivity contribution in [3.63, 3.8) is 0 Å². The molecule has 0 aliphatic carbocycles. The summed E-state index contributed by atoms with van der Waals surface area (Å²) in [4.78, 5) is 37.6. The van der Waals surface area contributed by atoms with Crippen LogP contribution in [0.1, 0.15) is 51.6 Å². The smallest absolute Gasteiger partial charge is 0.410 e. The summed E-state index contributed by atoms with van der Waals surface area (Å²) in [6.07, 6.45) is -1.11. The van der Waals surface area contributed by atoms with E-state index in [2.05, 4.69) is 10.6 Å². The third-order valence-corrected chi connectivity index (χ3v) is 5.13. The van der Waals surface area contributed by atoms with Gasteiger partial charge in [0.1, 0.15) is 11.8 Å². The van der Waals surface area contributed by atoms with Gasteiger partial charge < -0.3 is 4.74 Å². The Morgan fingerprint density at radius 3 is 2.52 bits per heavy atom. The van der Waals surface area contributed by atoms with E-state index < -0.39 is 41.9 Å². The highest BCUT2D eigenvalue weighted by Crippen LogP contribution is 2.35. The van der Waals surface area contributed by atoms with Crippen LogP contribution in [0.3, 0.4) is 0 Å². The van der Waals surface area contributed by atoms with Crippen LogP contribution in [0.5, 0.6) is 0 Å². The Morgan fingerprint density at radius 2 is 1.90 bits per heavy atom. The number of nitrogens with zero attached hydrogens (tertiary/aromatic N) is 1. The largest absolute Gasteiger partial charge is 0.444 e. The Hall–Kier alpha value is -2.48. The maximum Gasteiger partial charge on any atom is 0.410 e. The van der Waals surface area contributed by atoms with Crippen molar-refractivity contribution >= 4 is 17.9 Å². The molecule has 158 valence electrons. The zero-order valence-electron chi connectivity index (χ0n) is 17.0. The average Bonchev–Trinajstić information content (AvgIpc) is 2.64. The summed E-state index contributed by atoms with van der Waals surface area (Å²) in [6, 6.07) is 6.91. The first-order valence-corrected chi connectivity index (χ1v) is 9.94. The zero-order valence-corrected chi connectivity index (χ0v) is 17.0. The van der Waals surface area contributed by atoms with Crippen molar-refractivity contribution in [1.29, 1.82) is 0 Å². The molecule has 3 amide bonds. The standard InChI is InChI=1S/C21H28FN3O4/c1-21(2,3)29-20(28)25-12-11-14(23-15-9-10-16(26)24-19(15)27)17(22)18(25)13-7-5-4-6-8-13/h4-8,14-15,17-18,23H,9-12H2,1-3H3,(H,24,26,27). The number of alkyl halides is 1. The van der Waals surface area contributed by atoms with Crippen molar-refractivity contribution in [2.45, 2.75) is 69.9 Å². The van der Waals surface area contributed by atoms with E-state index in [-0.39, 0.29) is 12.3 Å². The molecule has 3 rings (SSSR count). The molecule has 2 N–H and O–H groups in total. The summed E-state index contributed by atoms with van der Waals surface area (Å²) in [5.41, 5.74) is -0.0213. The Morgan fingerprint density at radius 1 is 1.21 bits per heavy atom. The highest BCUT2D eigenvalue weighted by Gasteiger charge is 2.44. The lowest BCUT2D eigenvalue weighted by atomic mass is 9.89. The van der Waals surface area contributed by atoms with E-state index in [1.807, 2.05) is 6.07 Å². The van der Waals surface area contributed by atoms with Crippen molar-refractivity contribution in [2.75, 3.05) is 6.54 Å². The molecular weight excluding hydrogens is 377 g/mol. The van der Waals surface area contributed by atoms with Gasteiger partial charge in [-0.25, -0.2) is 9.18 Å². The number of hydrogen-bond acceptors (Lipinski definition) is 5. The van der Waals surface area contributed by atoms with Crippen molar-refractivity contribution in [3.8, 4) is 0 Å². The SMILES string of the molecule is CC(C)(C)OC(=O)N1CCC(NC2CCC(=O)NC2=O)C(F)C1c1ccccc1. The minimum atomic E-state index is -1.44. The zero-order chi connectivity index (χ0) is 21.2. The molecule has 2 fully saturated rings. The first-order valence-electron chi connectivity index (χ1n) is 9.94. The highest BCUT2D eigenvalue weighted by molar-refractivity contribution is 6.00. The molecule has 0 saturated carbocycles. The molecule has 2 aliphatic rings. The van der Waals surface area contributed by atoms with Crippen LogP contribution in [0, 0.1) is 0 Å². The normalized spacial score (nSPS) is 28.1. The number of hydrogen-bond donors (Lipinski definition) is 2. The number of amides is 3. The molecule has 0 aromatic heterocycles. The van der Waals surface area contributed by atoms with E-state index in [1.165, 1.54) is 4.90 Å². The van der Waals surface area contributed by atoms with E-state index in [1.54, 1.807) is 45.0 Å². The fourth-order valence-corrected chi connectivity index (χ4v) is 3.79. The number of rotatable bonds is 3. The van der Waals surface area contributed by atoms with E-state index in [0.29, 0.717) is 24.9 Å². The Labute approximate surface area is 170 Å². The minimum absolute atomic E-state index is 0.221. The van der Waals surface area contributed by atoms with Crippen molar-refractivity contribution < 1.29 is 23.5 Å². The second-order valence-corrected chi connectivity index (χ2v) is 8.54. The van der Waals surface area contributed by atoms with E-state index >= 15 is 4.39 Å². The molecular formula is C21H28FN3O4. The van der Waals surface area contributed by atoms with Crippen LogP contribution in [0.15, 0.2) is 30.3 Å². The summed E-state index contributed by atoms with van der Waals surface area (Å²) in [7, 11) is 0. The minimum Gasteiger partial charge on any atom is -0.444 e. The van der Waals surface area contributed by atoms with Gasteiger partial charge >= 0.3 is 6.09 Å². The fraction of sp³-hybridized carbons (Fsp3) is 0.571. The maximum absolute atomic E-state index is 15.7. The number of halogens is 1. The molecule has 2 aliphatic heterocycles. The molecule has 0 radical (unpaired) electrons. The number of likely N-dealkylation sites (tertiary alicyclic amines) is 1. The number of carbonyl (C=O) groups is 3. The van der Waals surface area contributed by atoms with Gasteiger partial charge in [0, 0.05) is 19.0 Å². The van der Waals surface area contributed by atoms with E-state index in [0.717, 1.165) is 0 Å². The topological polar surface area (TPSA) is 87.7 Å². The van der Waals surface area contributed by atoms with Crippen LogP contribution in [0.4, 0.5) is 9.18 Å². The number of nitrogens with one attached hydrogen (secondary N) is 2. The highest BCUT2D eigenvalue weighted by atomic mass is 19.1. The molecule has 2 heterocycles. The van der Waals surface area contributed by atoms with Gasteiger partial charge in [-0.15, -0.1) is 0 Å². The van der Waals surface area contributed by atoms with Gasteiger partial charge in [0.25, 0.3) is 0 Å². The lowest BCUT2D eigenvalue weighted by Crippen LogP contribution is -2.60. The van der Waals surface area contributed by atoms with Crippen LogP contribution in [-0.2, 0) is 14.3 Å². The quantitative estimate of drug-likeness (QED) is 0.755. The summed E-state index contributed by atoms with van der Waals surface area (Å²) >= 11 is 0. The average molecular weight is 405 g/mol. The van der Waals surface area contributed by atoms with Crippen molar-refractivity contribution in [1.82, 2.24) is 15.5 Å².